The molecule has 1 saturated carbocycles. The van der Waals surface area contributed by atoms with Gasteiger partial charge in [-0.15, -0.1) is 0 Å². The molecule has 1 fully saturated rings. The Bertz CT molecular complexity index is 871. The molecule has 1 aliphatic rings. The van der Waals surface area contributed by atoms with Crippen molar-refractivity contribution in [1.82, 2.24) is 0 Å². The first kappa shape index (κ1) is 19.2. The van der Waals surface area contributed by atoms with E-state index in [4.69, 9.17) is 11.6 Å². The van der Waals surface area contributed by atoms with E-state index in [9.17, 15) is 22.8 Å². The Labute approximate surface area is 158 Å². The van der Waals surface area contributed by atoms with Gasteiger partial charge in [0.2, 0.25) is 11.8 Å². The lowest BCUT2D eigenvalue weighted by Crippen LogP contribution is -2.29. The van der Waals surface area contributed by atoms with Crippen molar-refractivity contribution in [2.45, 2.75) is 12.6 Å². The number of anilines is 2. The molecule has 0 heterocycles. The molecule has 2 atom stereocenters. The van der Waals surface area contributed by atoms with Crippen LogP contribution in [0, 0.1) is 11.8 Å². The quantitative estimate of drug-likeness (QED) is 0.821. The average molecular weight is 397 g/mol. The highest BCUT2D eigenvalue weighted by molar-refractivity contribution is 6.33. The van der Waals surface area contributed by atoms with Gasteiger partial charge in [-0.3, -0.25) is 9.59 Å². The first-order valence-corrected chi connectivity index (χ1v) is 8.56. The van der Waals surface area contributed by atoms with Gasteiger partial charge in [0.05, 0.1) is 28.1 Å². The first-order chi connectivity index (χ1) is 12.7. The lowest BCUT2D eigenvalue weighted by molar-refractivity contribution is -0.137. The van der Waals surface area contributed by atoms with Crippen LogP contribution in [0.2, 0.25) is 5.02 Å². The number of rotatable bonds is 4. The minimum atomic E-state index is -4.54. The van der Waals surface area contributed by atoms with Crippen LogP contribution >= 0.6 is 11.6 Å². The van der Waals surface area contributed by atoms with Crippen LogP contribution < -0.4 is 10.2 Å². The number of para-hydroxylation sites is 1. The van der Waals surface area contributed by atoms with Crippen LogP contribution in [0.25, 0.3) is 0 Å². The van der Waals surface area contributed by atoms with Gasteiger partial charge in [0, 0.05) is 12.7 Å². The molecule has 1 aliphatic carbocycles. The van der Waals surface area contributed by atoms with Crippen LogP contribution in [-0.2, 0) is 15.8 Å². The highest BCUT2D eigenvalue weighted by atomic mass is 35.5. The van der Waals surface area contributed by atoms with Crippen molar-refractivity contribution >= 4 is 34.8 Å². The highest BCUT2D eigenvalue weighted by Crippen LogP contribution is 2.42. The summed E-state index contributed by atoms with van der Waals surface area (Å²) in [5, 5.41) is 2.41. The van der Waals surface area contributed by atoms with Gasteiger partial charge in [-0.1, -0.05) is 29.8 Å². The second-order valence-corrected chi connectivity index (χ2v) is 6.77. The van der Waals surface area contributed by atoms with Gasteiger partial charge in [0.25, 0.3) is 0 Å². The molecule has 4 nitrogen and oxygen atoms in total. The van der Waals surface area contributed by atoms with Crippen LogP contribution in [-0.4, -0.2) is 18.9 Å². The summed E-state index contributed by atoms with van der Waals surface area (Å²) in [6.07, 6.45) is -4.20. The lowest BCUT2D eigenvalue weighted by Gasteiger charge is -2.17. The Morgan fingerprint density at radius 2 is 1.78 bits per heavy atom. The number of amides is 2. The number of hydrogen-bond acceptors (Lipinski definition) is 2. The zero-order valence-corrected chi connectivity index (χ0v) is 15.0. The summed E-state index contributed by atoms with van der Waals surface area (Å²) in [5.74, 6) is -1.82. The topological polar surface area (TPSA) is 49.4 Å². The molecular weight excluding hydrogens is 381 g/mol. The zero-order chi connectivity index (χ0) is 19.8. The SMILES string of the molecule is CN(C(=O)C1CC1C(=O)Nc1cc(C(F)(F)F)ccc1Cl)c1ccccc1. The summed E-state index contributed by atoms with van der Waals surface area (Å²) in [5.41, 5.74) is -0.324. The van der Waals surface area contributed by atoms with Crippen molar-refractivity contribution in [3.05, 3.63) is 59.1 Å². The number of carbonyl (C=O) groups excluding carboxylic acids is 2. The Kier molecular flexibility index (Phi) is 5.15. The maximum Gasteiger partial charge on any atom is 0.416 e. The van der Waals surface area contributed by atoms with E-state index >= 15 is 0 Å². The third-order valence-electron chi connectivity index (χ3n) is 4.47. The van der Waals surface area contributed by atoms with Gasteiger partial charge in [-0.25, -0.2) is 0 Å². The number of nitrogens with one attached hydrogen (secondary N) is 1. The van der Waals surface area contributed by atoms with Crippen LogP contribution in [0.4, 0.5) is 24.5 Å². The van der Waals surface area contributed by atoms with Crippen molar-refractivity contribution in [3.63, 3.8) is 0 Å². The molecule has 0 aromatic heterocycles. The van der Waals surface area contributed by atoms with Crippen molar-refractivity contribution in [2.24, 2.45) is 11.8 Å². The summed E-state index contributed by atoms with van der Waals surface area (Å²) in [7, 11) is 1.62. The molecule has 0 radical (unpaired) electrons. The molecule has 0 spiro atoms. The lowest BCUT2D eigenvalue weighted by atomic mass is 10.2. The van der Waals surface area contributed by atoms with Crippen molar-refractivity contribution < 1.29 is 22.8 Å². The van der Waals surface area contributed by atoms with Gasteiger partial charge >= 0.3 is 6.18 Å². The Balaban J connectivity index is 1.66. The standard InChI is InChI=1S/C19H16ClF3N2O2/c1-25(12-5-3-2-4-6-12)18(27)14-10-13(14)17(26)24-16-9-11(19(21,22)23)7-8-15(16)20/h2-9,13-14H,10H2,1H3,(H,24,26). The first-order valence-electron chi connectivity index (χ1n) is 8.18. The molecule has 8 heteroatoms. The fraction of sp³-hybridized carbons (Fsp3) is 0.263. The fourth-order valence-electron chi connectivity index (χ4n) is 2.81. The minimum absolute atomic E-state index is 0.00119. The number of hydrogen-bond donors (Lipinski definition) is 1. The molecule has 0 saturated heterocycles. The van der Waals surface area contributed by atoms with Crippen molar-refractivity contribution in [1.29, 1.82) is 0 Å². The Hall–Kier alpha value is -2.54. The van der Waals surface area contributed by atoms with E-state index in [1.165, 1.54) is 4.90 Å². The summed E-state index contributed by atoms with van der Waals surface area (Å²) in [6, 6.07) is 11.7. The van der Waals surface area contributed by atoms with E-state index in [1.54, 1.807) is 31.3 Å². The third-order valence-corrected chi connectivity index (χ3v) is 4.80. The predicted octanol–water partition coefficient (Wildman–Crippen LogP) is 4.60. The van der Waals surface area contributed by atoms with Gasteiger partial charge < -0.3 is 10.2 Å². The van der Waals surface area contributed by atoms with E-state index in [1.807, 2.05) is 6.07 Å². The predicted molar refractivity (Wildman–Crippen MR) is 96.5 cm³/mol. The number of halogens is 4. The van der Waals surface area contributed by atoms with Crippen LogP contribution in [0.15, 0.2) is 48.5 Å². The van der Waals surface area contributed by atoms with Gasteiger partial charge in [-0.2, -0.15) is 13.2 Å². The molecule has 142 valence electrons. The maximum atomic E-state index is 12.8. The minimum Gasteiger partial charge on any atom is -0.324 e. The number of benzene rings is 2. The summed E-state index contributed by atoms with van der Waals surface area (Å²) < 4.78 is 38.5. The monoisotopic (exact) mass is 396 g/mol. The molecule has 2 aromatic rings. The van der Waals surface area contributed by atoms with E-state index in [0.717, 1.165) is 18.2 Å². The van der Waals surface area contributed by atoms with Crippen LogP contribution in [0.1, 0.15) is 12.0 Å². The van der Waals surface area contributed by atoms with Crippen LogP contribution in [0.5, 0.6) is 0 Å². The largest absolute Gasteiger partial charge is 0.416 e. The average Bonchev–Trinajstić information content (AvgIpc) is 3.43. The normalized spacial score (nSPS) is 18.7. The Morgan fingerprint density at radius 3 is 2.41 bits per heavy atom. The summed E-state index contributed by atoms with van der Waals surface area (Å²) >= 11 is 5.89. The van der Waals surface area contributed by atoms with E-state index in [2.05, 4.69) is 5.32 Å². The fourth-order valence-corrected chi connectivity index (χ4v) is 2.97. The number of alkyl halides is 3. The Morgan fingerprint density at radius 1 is 1.11 bits per heavy atom. The molecule has 0 bridgehead atoms. The molecule has 3 rings (SSSR count). The van der Waals surface area contributed by atoms with Gasteiger partial charge in [-0.05, 0) is 36.8 Å². The number of carbonyl (C=O) groups is 2. The third kappa shape index (κ3) is 4.24. The molecule has 27 heavy (non-hydrogen) atoms. The highest BCUT2D eigenvalue weighted by Gasteiger charge is 2.49. The molecule has 2 aromatic carbocycles. The maximum absolute atomic E-state index is 12.8. The summed E-state index contributed by atoms with van der Waals surface area (Å²) in [6.45, 7) is 0. The van der Waals surface area contributed by atoms with Crippen molar-refractivity contribution in [2.75, 3.05) is 17.3 Å². The van der Waals surface area contributed by atoms with E-state index in [-0.39, 0.29) is 16.6 Å². The van der Waals surface area contributed by atoms with Crippen LogP contribution in [0.3, 0.4) is 0 Å². The second-order valence-electron chi connectivity index (χ2n) is 6.36. The van der Waals surface area contributed by atoms with Gasteiger partial charge in [0.1, 0.15) is 0 Å². The smallest absolute Gasteiger partial charge is 0.324 e. The van der Waals surface area contributed by atoms with E-state index < -0.39 is 29.5 Å². The molecule has 1 N–H and O–H groups in total. The van der Waals surface area contributed by atoms with Gasteiger partial charge in [0.15, 0.2) is 0 Å². The summed E-state index contributed by atoms with van der Waals surface area (Å²) in [4.78, 5) is 26.3. The number of nitrogens with zero attached hydrogens (tertiary/aromatic N) is 1. The molecule has 2 unspecified atom stereocenters. The zero-order valence-electron chi connectivity index (χ0n) is 14.3. The second kappa shape index (κ2) is 7.23. The molecule has 0 aliphatic heterocycles. The molecular formula is C19H16ClF3N2O2. The van der Waals surface area contributed by atoms with Crippen molar-refractivity contribution in [3.8, 4) is 0 Å². The molecule has 2 amide bonds. The van der Waals surface area contributed by atoms with E-state index in [0.29, 0.717) is 12.1 Å².